The van der Waals surface area contributed by atoms with E-state index in [0.717, 1.165) is 17.5 Å². The van der Waals surface area contributed by atoms with Gasteiger partial charge in [0.2, 0.25) is 12.0 Å². The molecule has 0 radical (unpaired) electrons. The van der Waals surface area contributed by atoms with Gasteiger partial charge >= 0.3 is 0 Å². The Balaban J connectivity index is 1.68. The molecule has 1 amide bonds. The second-order valence-electron chi connectivity index (χ2n) is 5.69. The average molecular weight is 374 g/mol. The van der Waals surface area contributed by atoms with Crippen molar-refractivity contribution in [3.05, 3.63) is 29.3 Å². The molecule has 0 saturated heterocycles. The van der Waals surface area contributed by atoms with Gasteiger partial charge in [-0.25, -0.2) is 4.90 Å². The van der Waals surface area contributed by atoms with Crippen molar-refractivity contribution < 1.29 is 14.3 Å². The smallest absolute Gasteiger partial charge is 0.283 e. The number of nitrogens with zero attached hydrogens (tertiary/aromatic N) is 3. The zero-order valence-electron chi connectivity index (χ0n) is 13.5. The molecule has 0 bridgehead atoms. The van der Waals surface area contributed by atoms with Crippen LogP contribution in [0.5, 0.6) is 11.5 Å². The SMILES string of the molecule is CC(C)SC1=NSC2=NC(=O)/C(=C\c3ccc4c(c3)OCO4)C(=N)N21. The van der Waals surface area contributed by atoms with E-state index in [2.05, 4.69) is 23.2 Å². The van der Waals surface area contributed by atoms with Crippen LogP contribution >= 0.6 is 23.7 Å². The third-order valence-corrected chi connectivity index (χ3v) is 5.32. The third kappa shape index (κ3) is 2.93. The molecule has 0 aromatic heterocycles. The van der Waals surface area contributed by atoms with E-state index in [0.29, 0.717) is 27.1 Å². The van der Waals surface area contributed by atoms with E-state index in [1.54, 1.807) is 23.1 Å². The zero-order chi connectivity index (χ0) is 17.6. The van der Waals surface area contributed by atoms with E-state index in [4.69, 9.17) is 14.9 Å². The van der Waals surface area contributed by atoms with Gasteiger partial charge in [0.15, 0.2) is 16.7 Å². The van der Waals surface area contributed by atoms with Crippen molar-refractivity contribution in [3.8, 4) is 11.5 Å². The summed E-state index contributed by atoms with van der Waals surface area (Å²) in [5, 5.41) is 9.89. The number of carbonyl (C=O) groups is 1. The molecule has 0 fully saturated rings. The molecule has 9 heteroatoms. The molecule has 0 aliphatic carbocycles. The van der Waals surface area contributed by atoms with Gasteiger partial charge in [0.1, 0.15) is 5.84 Å². The maximum atomic E-state index is 12.4. The van der Waals surface area contributed by atoms with Gasteiger partial charge in [-0.05, 0) is 23.8 Å². The lowest BCUT2D eigenvalue weighted by Gasteiger charge is -2.25. The van der Waals surface area contributed by atoms with Crippen LogP contribution in [-0.4, -0.2) is 39.0 Å². The molecule has 3 aliphatic rings. The fraction of sp³-hybridized carbons (Fsp3) is 0.250. The van der Waals surface area contributed by atoms with Gasteiger partial charge < -0.3 is 9.47 Å². The summed E-state index contributed by atoms with van der Waals surface area (Å²) < 4.78 is 15.0. The van der Waals surface area contributed by atoms with Crippen molar-refractivity contribution in [2.24, 2.45) is 9.39 Å². The van der Waals surface area contributed by atoms with Gasteiger partial charge in [-0.3, -0.25) is 10.2 Å². The summed E-state index contributed by atoms with van der Waals surface area (Å²) in [6.45, 7) is 4.29. The fourth-order valence-electron chi connectivity index (χ4n) is 2.46. The largest absolute Gasteiger partial charge is 0.454 e. The van der Waals surface area contributed by atoms with Crippen LogP contribution in [0.15, 0.2) is 33.2 Å². The molecule has 0 unspecified atom stereocenters. The van der Waals surface area contributed by atoms with Crippen molar-refractivity contribution in [2.45, 2.75) is 19.1 Å². The van der Waals surface area contributed by atoms with Gasteiger partial charge in [-0.1, -0.05) is 31.7 Å². The maximum absolute atomic E-state index is 12.4. The van der Waals surface area contributed by atoms with E-state index in [9.17, 15) is 4.79 Å². The molecular formula is C16H14N4O3S2. The van der Waals surface area contributed by atoms with Crippen LogP contribution in [0.25, 0.3) is 6.08 Å². The third-order valence-electron chi connectivity index (χ3n) is 3.54. The lowest BCUT2D eigenvalue weighted by Crippen LogP contribution is -2.41. The number of hydrogen-bond donors (Lipinski definition) is 1. The van der Waals surface area contributed by atoms with E-state index in [-0.39, 0.29) is 18.2 Å². The molecule has 1 aromatic rings. The minimum absolute atomic E-state index is 0.0876. The number of carbonyl (C=O) groups excluding carboxylic acids is 1. The molecule has 7 nitrogen and oxygen atoms in total. The Morgan fingerprint density at radius 1 is 1.36 bits per heavy atom. The molecule has 3 heterocycles. The first kappa shape index (κ1) is 16.2. The predicted molar refractivity (Wildman–Crippen MR) is 100 cm³/mol. The summed E-state index contributed by atoms with van der Waals surface area (Å²) in [6, 6.07) is 5.39. The molecule has 0 saturated carbocycles. The first-order chi connectivity index (χ1) is 12.0. The van der Waals surface area contributed by atoms with Crippen molar-refractivity contribution in [1.82, 2.24) is 4.90 Å². The number of amidine groups is 3. The summed E-state index contributed by atoms with van der Waals surface area (Å²) in [6.07, 6.45) is 1.65. The number of ether oxygens (including phenoxy) is 2. The Labute approximate surface area is 152 Å². The topological polar surface area (TPSA) is 87.3 Å². The number of thioether (sulfide) groups is 1. The highest BCUT2D eigenvalue weighted by atomic mass is 32.2. The summed E-state index contributed by atoms with van der Waals surface area (Å²) >= 11 is 2.66. The van der Waals surface area contributed by atoms with E-state index in [1.165, 1.54) is 11.8 Å². The second-order valence-corrected chi connectivity index (χ2v) is 7.96. The lowest BCUT2D eigenvalue weighted by molar-refractivity contribution is -0.114. The van der Waals surface area contributed by atoms with E-state index < -0.39 is 5.91 Å². The Morgan fingerprint density at radius 3 is 2.96 bits per heavy atom. The Bertz CT molecular complexity index is 876. The molecule has 128 valence electrons. The summed E-state index contributed by atoms with van der Waals surface area (Å²) in [5.74, 6) is 0.950. The van der Waals surface area contributed by atoms with E-state index >= 15 is 0 Å². The van der Waals surface area contributed by atoms with Gasteiger partial charge in [0.05, 0.1) is 17.5 Å². The lowest BCUT2D eigenvalue weighted by atomic mass is 10.1. The number of aliphatic imine (C=N–C) groups is 1. The zero-order valence-corrected chi connectivity index (χ0v) is 15.1. The van der Waals surface area contributed by atoms with Crippen LogP contribution in [0, 0.1) is 5.41 Å². The van der Waals surface area contributed by atoms with Crippen molar-refractivity contribution in [3.63, 3.8) is 0 Å². The number of nitrogens with one attached hydrogen (secondary N) is 1. The number of amides is 1. The van der Waals surface area contributed by atoms with Crippen LogP contribution in [0.3, 0.4) is 0 Å². The van der Waals surface area contributed by atoms with Crippen LogP contribution in [-0.2, 0) is 4.79 Å². The Hall–Kier alpha value is -2.26. The van der Waals surface area contributed by atoms with Gasteiger partial charge in [0, 0.05) is 5.25 Å². The maximum Gasteiger partial charge on any atom is 0.283 e. The van der Waals surface area contributed by atoms with Crippen LogP contribution in [0.4, 0.5) is 0 Å². The van der Waals surface area contributed by atoms with Crippen LogP contribution < -0.4 is 9.47 Å². The minimum atomic E-state index is -0.438. The first-order valence-electron chi connectivity index (χ1n) is 7.58. The highest BCUT2D eigenvalue weighted by Gasteiger charge is 2.37. The van der Waals surface area contributed by atoms with Crippen LogP contribution in [0.1, 0.15) is 19.4 Å². The molecular weight excluding hydrogens is 360 g/mol. The minimum Gasteiger partial charge on any atom is -0.454 e. The number of hydrogen-bond acceptors (Lipinski definition) is 7. The highest BCUT2D eigenvalue weighted by molar-refractivity contribution is 8.19. The van der Waals surface area contributed by atoms with Gasteiger partial charge in [0.25, 0.3) is 5.91 Å². The number of fused-ring (bicyclic) bond motifs is 2. The van der Waals surface area contributed by atoms with Crippen LogP contribution in [0.2, 0.25) is 0 Å². The first-order valence-corrected chi connectivity index (χ1v) is 9.23. The summed E-state index contributed by atoms with van der Waals surface area (Å²) in [4.78, 5) is 18.1. The Kier molecular flexibility index (Phi) is 4.04. The summed E-state index contributed by atoms with van der Waals surface area (Å²) in [5.41, 5.74) is 0.972. The molecule has 4 rings (SSSR count). The molecule has 0 atom stereocenters. The number of rotatable bonds is 2. The summed E-state index contributed by atoms with van der Waals surface area (Å²) in [7, 11) is 0. The molecule has 0 spiro atoms. The number of benzene rings is 1. The van der Waals surface area contributed by atoms with Crippen molar-refractivity contribution >= 4 is 51.9 Å². The average Bonchev–Trinajstić information content (AvgIpc) is 3.17. The van der Waals surface area contributed by atoms with Crippen molar-refractivity contribution in [2.75, 3.05) is 6.79 Å². The molecule has 3 aliphatic heterocycles. The molecule has 1 N–H and O–H groups in total. The van der Waals surface area contributed by atoms with Gasteiger partial charge in [-0.15, -0.1) is 0 Å². The molecule has 1 aromatic carbocycles. The van der Waals surface area contributed by atoms with E-state index in [1.807, 2.05) is 6.07 Å². The Morgan fingerprint density at radius 2 is 2.16 bits per heavy atom. The van der Waals surface area contributed by atoms with Gasteiger partial charge in [-0.2, -0.15) is 9.39 Å². The van der Waals surface area contributed by atoms with Crippen molar-refractivity contribution in [1.29, 1.82) is 5.41 Å². The highest BCUT2D eigenvalue weighted by Crippen LogP contribution is 2.35. The standard InChI is InChI=1S/C16H14N4O3S2/c1-8(2)24-16-19-25-15-18-14(21)10(13(17)20(15)16)5-9-3-4-11-12(6-9)23-7-22-11/h3-6,8,17H,7H2,1-2H3/b10-5-,17-13?. The second kappa shape index (κ2) is 6.23. The predicted octanol–water partition coefficient (Wildman–Crippen LogP) is 3.13. The monoisotopic (exact) mass is 374 g/mol. The normalized spacial score (nSPS) is 20.3. The fourth-order valence-corrected chi connectivity index (χ4v) is 4.13. The molecule has 25 heavy (non-hydrogen) atoms. The quantitative estimate of drug-likeness (QED) is 0.632.